The maximum absolute atomic E-state index is 6.19. The van der Waals surface area contributed by atoms with E-state index in [2.05, 4.69) is 34.1 Å². The highest BCUT2D eigenvalue weighted by Gasteiger charge is 2.31. The minimum atomic E-state index is 0.475. The Labute approximate surface area is 166 Å². The first-order valence-corrected chi connectivity index (χ1v) is 9.28. The van der Waals surface area contributed by atoms with E-state index in [-0.39, 0.29) is 0 Å². The Morgan fingerprint density at radius 1 is 0.630 bits per heavy atom. The number of aromatic nitrogens is 2. The van der Waals surface area contributed by atoms with Crippen molar-refractivity contribution in [3.05, 3.63) is 82.8 Å². The number of hydrogen-bond donors (Lipinski definition) is 0. The highest BCUT2D eigenvalue weighted by molar-refractivity contribution is 6.42. The number of benzene rings is 3. The molecule has 0 amide bonds. The standard InChI is InChI=1S/C21H14Cl2N4/c22-16-11-18-19(12-17(16)23)25-21-20(24-18)26(14-7-3-1-4-8-14)13-27(21)15-9-5-2-6-10-15/h1-12H,13H2. The monoisotopic (exact) mass is 392 g/mol. The highest BCUT2D eigenvalue weighted by atomic mass is 35.5. The van der Waals surface area contributed by atoms with Crippen LogP contribution in [0.3, 0.4) is 0 Å². The topological polar surface area (TPSA) is 32.3 Å². The molecule has 0 fully saturated rings. The van der Waals surface area contributed by atoms with Gasteiger partial charge in [-0.25, -0.2) is 9.97 Å². The molecule has 4 aromatic rings. The van der Waals surface area contributed by atoms with Crippen molar-refractivity contribution in [3.8, 4) is 0 Å². The molecule has 2 heterocycles. The molecule has 5 rings (SSSR count). The quantitative estimate of drug-likeness (QED) is 0.407. The van der Waals surface area contributed by atoms with Crippen molar-refractivity contribution in [1.29, 1.82) is 0 Å². The van der Waals surface area contributed by atoms with Gasteiger partial charge in [0.15, 0.2) is 11.6 Å². The van der Waals surface area contributed by atoms with Crippen molar-refractivity contribution in [2.24, 2.45) is 0 Å². The summed E-state index contributed by atoms with van der Waals surface area (Å²) < 4.78 is 0. The number of para-hydroxylation sites is 2. The average Bonchev–Trinajstić information content (AvgIpc) is 3.07. The first-order valence-electron chi connectivity index (χ1n) is 8.53. The minimum absolute atomic E-state index is 0.475. The molecular weight excluding hydrogens is 379 g/mol. The van der Waals surface area contributed by atoms with E-state index in [0.29, 0.717) is 16.7 Å². The average molecular weight is 393 g/mol. The van der Waals surface area contributed by atoms with Crippen LogP contribution in [0.25, 0.3) is 11.0 Å². The van der Waals surface area contributed by atoms with Gasteiger partial charge in [-0.3, -0.25) is 0 Å². The van der Waals surface area contributed by atoms with E-state index in [1.54, 1.807) is 12.1 Å². The van der Waals surface area contributed by atoms with Gasteiger partial charge in [0, 0.05) is 11.4 Å². The van der Waals surface area contributed by atoms with E-state index in [0.717, 1.165) is 34.0 Å². The molecule has 0 spiro atoms. The summed E-state index contributed by atoms with van der Waals surface area (Å²) in [6.45, 7) is 0.626. The van der Waals surface area contributed by atoms with Crippen molar-refractivity contribution in [1.82, 2.24) is 9.97 Å². The lowest BCUT2D eigenvalue weighted by atomic mass is 10.2. The van der Waals surface area contributed by atoms with Crippen molar-refractivity contribution < 1.29 is 0 Å². The number of halogens is 2. The normalized spacial score (nSPS) is 13.3. The zero-order valence-electron chi connectivity index (χ0n) is 14.2. The SMILES string of the molecule is Clc1cc2nc3c(nc2cc1Cl)N(c1ccccc1)CN3c1ccccc1. The molecule has 0 unspecified atom stereocenters. The first kappa shape index (κ1) is 16.4. The molecule has 27 heavy (non-hydrogen) atoms. The van der Waals surface area contributed by atoms with Crippen molar-refractivity contribution >= 4 is 57.2 Å². The fourth-order valence-electron chi connectivity index (χ4n) is 3.29. The van der Waals surface area contributed by atoms with Crippen LogP contribution >= 0.6 is 23.2 Å². The summed E-state index contributed by atoms with van der Waals surface area (Å²) in [5, 5.41) is 0.949. The van der Waals surface area contributed by atoms with Gasteiger partial charge in [0.2, 0.25) is 0 Å². The number of fused-ring (bicyclic) bond motifs is 2. The molecule has 0 N–H and O–H groups in total. The lowest BCUT2D eigenvalue weighted by molar-refractivity contribution is 0.977. The Hall–Kier alpha value is -2.82. The molecule has 1 aliphatic rings. The molecule has 4 nitrogen and oxygen atoms in total. The Morgan fingerprint density at radius 3 is 1.44 bits per heavy atom. The zero-order valence-corrected chi connectivity index (χ0v) is 15.7. The number of anilines is 4. The van der Waals surface area contributed by atoms with Crippen LogP contribution in [0.4, 0.5) is 23.0 Å². The van der Waals surface area contributed by atoms with Gasteiger partial charge >= 0.3 is 0 Å². The Morgan fingerprint density at radius 2 is 1.04 bits per heavy atom. The second kappa shape index (κ2) is 6.41. The summed E-state index contributed by atoms with van der Waals surface area (Å²) in [6.07, 6.45) is 0. The van der Waals surface area contributed by atoms with Gasteiger partial charge in [-0.2, -0.15) is 0 Å². The summed E-state index contributed by atoms with van der Waals surface area (Å²) in [6, 6.07) is 23.9. The van der Waals surface area contributed by atoms with E-state index in [1.807, 2.05) is 36.4 Å². The maximum Gasteiger partial charge on any atom is 0.179 e. The molecular formula is C21H14Cl2N4. The van der Waals surface area contributed by atoms with Crippen molar-refractivity contribution in [3.63, 3.8) is 0 Å². The molecule has 6 heteroatoms. The van der Waals surface area contributed by atoms with Gasteiger partial charge in [0.1, 0.15) is 6.67 Å². The van der Waals surface area contributed by atoms with Gasteiger partial charge < -0.3 is 9.80 Å². The minimum Gasteiger partial charge on any atom is -0.305 e. The highest BCUT2D eigenvalue weighted by Crippen LogP contribution is 2.43. The number of hydrogen-bond acceptors (Lipinski definition) is 4. The van der Waals surface area contributed by atoms with Gasteiger partial charge in [-0.15, -0.1) is 0 Å². The molecule has 0 aliphatic carbocycles. The molecule has 1 aromatic heterocycles. The van der Waals surface area contributed by atoms with Crippen LogP contribution in [0.2, 0.25) is 10.0 Å². The maximum atomic E-state index is 6.19. The molecule has 3 aromatic carbocycles. The first-order chi connectivity index (χ1) is 13.2. The van der Waals surface area contributed by atoms with E-state index >= 15 is 0 Å². The van der Waals surface area contributed by atoms with E-state index in [9.17, 15) is 0 Å². The van der Waals surface area contributed by atoms with Gasteiger partial charge in [-0.1, -0.05) is 59.6 Å². The molecule has 0 atom stereocenters. The summed E-state index contributed by atoms with van der Waals surface area (Å²) >= 11 is 12.4. The summed E-state index contributed by atoms with van der Waals surface area (Å²) in [4.78, 5) is 14.0. The molecule has 132 valence electrons. The Bertz CT molecular complexity index is 1040. The molecule has 0 saturated carbocycles. The van der Waals surface area contributed by atoms with E-state index < -0.39 is 0 Å². The molecule has 1 aliphatic heterocycles. The Kier molecular flexibility index (Phi) is 3.88. The lowest BCUT2D eigenvalue weighted by Gasteiger charge is -2.20. The van der Waals surface area contributed by atoms with Gasteiger partial charge in [0.25, 0.3) is 0 Å². The summed E-state index contributed by atoms with van der Waals surface area (Å²) in [7, 11) is 0. The van der Waals surface area contributed by atoms with E-state index in [4.69, 9.17) is 33.2 Å². The summed E-state index contributed by atoms with van der Waals surface area (Å²) in [5.74, 6) is 1.60. The third-order valence-corrected chi connectivity index (χ3v) is 5.32. The summed E-state index contributed by atoms with van der Waals surface area (Å²) in [5.41, 5.74) is 3.56. The Balaban J connectivity index is 1.74. The second-order valence-electron chi connectivity index (χ2n) is 6.29. The predicted molar refractivity (Wildman–Crippen MR) is 112 cm³/mol. The third-order valence-electron chi connectivity index (χ3n) is 4.60. The zero-order chi connectivity index (χ0) is 18.4. The number of nitrogens with zero attached hydrogens (tertiary/aromatic N) is 4. The van der Waals surface area contributed by atoms with E-state index in [1.165, 1.54) is 0 Å². The lowest BCUT2D eigenvalue weighted by Crippen LogP contribution is -2.24. The van der Waals surface area contributed by atoms with Crippen LogP contribution in [0.15, 0.2) is 72.8 Å². The van der Waals surface area contributed by atoms with Crippen LogP contribution in [0, 0.1) is 0 Å². The fourth-order valence-corrected chi connectivity index (χ4v) is 3.61. The van der Waals surface area contributed by atoms with Crippen LogP contribution < -0.4 is 9.80 Å². The van der Waals surface area contributed by atoms with Crippen LogP contribution in [0.5, 0.6) is 0 Å². The van der Waals surface area contributed by atoms with Gasteiger partial charge in [0.05, 0.1) is 21.1 Å². The largest absolute Gasteiger partial charge is 0.305 e. The van der Waals surface area contributed by atoms with Crippen LogP contribution in [-0.4, -0.2) is 16.6 Å². The molecule has 0 bridgehead atoms. The molecule has 0 saturated heterocycles. The van der Waals surface area contributed by atoms with Gasteiger partial charge in [-0.05, 0) is 36.4 Å². The van der Waals surface area contributed by atoms with Crippen LogP contribution in [-0.2, 0) is 0 Å². The third kappa shape index (κ3) is 2.78. The number of rotatable bonds is 2. The smallest absolute Gasteiger partial charge is 0.179 e. The van der Waals surface area contributed by atoms with Crippen molar-refractivity contribution in [2.75, 3.05) is 16.5 Å². The fraction of sp³-hybridized carbons (Fsp3) is 0.0476. The predicted octanol–water partition coefficient (Wildman–Crippen LogP) is 6.18. The van der Waals surface area contributed by atoms with Crippen LogP contribution in [0.1, 0.15) is 0 Å². The second-order valence-corrected chi connectivity index (χ2v) is 7.11. The van der Waals surface area contributed by atoms with Crippen molar-refractivity contribution in [2.45, 2.75) is 0 Å². The molecule has 0 radical (unpaired) electrons.